The Kier molecular flexibility index (Phi) is 4.19. The predicted molar refractivity (Wildman–Crippen MR) is 84.9 cm³/mol. The molecule has 0 saturated heterocycles. The van der Waals surface area contributed by atoms with Crippen molar-refractivity contribution in [2.45, 2.75) is 32.4 Å². The van der Waals surface area contributed by atoms with E-state index in [9.17, 15) is 18.0 Å². The number of fused-ring (bicyclic) bond motifs is 1. The van der Waals surface area contributed by atoms with Crippen LogP contribution in [-0.4, -0.2) is 5.91 Å². The normalized spacial score (nSPS) is 17.7. The summed E-state index contributed by atoms with van der Waals surface area (Å²) in [5.41, 5.74) is 1.39. The molecule has 6 heteroatoms. The maximum Gasteiger partial charge on any atom is 0.416 e. The Balaban J connectivity index is 1.75. The van der Waals surface area contributed by atoms with Gasteiger partial charge in [-0.1, -0.05) is 6.92 Å². The van der Waals surface area contributed by atoms with E-state index < -0.39 is 11.7 Å². The number of alkyl halides is 3. The fourth-order valence-corrected chi connectivity index (χ4v) is 4.05. The first-order chi connectivity index (χ1) is 10.8. The summed E-state index contributed by atoms with van der Waals surface area (Å²) >= 11 is 1.59. The van der Waals surface area contributed by atoms with Crippen molar-refractivity contribution in [2.75, 3.05) is 5.32 Å². The molecule has 0 spiro atoms. The smallest absolute Gasteiger partial charge is 0.322 e. The van der Waals surface area contributed by atoms with Crippen LogP contribution in [0.2, 0.25) is 0 Å². The number of carbonyl (C=O) groups is 1. The van der Waals surface area contributed by atoms with Gasteiger partial charge in [0.25, 0.3) is 5.91 Å². The van der Waals surface area contributed by atoms with Gasteiger partial charge in [-0.3, -0.25) is 4.79 Å². The number of benzene rings is 1. The van der Waals surface area contributed by atoms with Crippen molar-refractivity contribution in [1.29, 1.82) is 0 Å². The van der Waals surface area contributed by atoms with Crippen molar-refractivity contribution >= 4 is 22.9 Å². The second-order valence-electron chi connectivity index (χ2n) is 5.93. The number of hydrogen-bond donors (Lipinski definition) is 1. The Bertz CT molecular complexity index is 718. The van der Waals surface area contributed by atoms with E-state index in [1.165, 1.54) is 17.0 Å². The zero-order chi connectivity index (χ0) is 16.6. The Labute approximate surface area is 136 Å². The molecule has 0 aliphatic heterocycles. The molecule has 0 saturated carbocycles. The number of carbonyl (C=O) groups excluding carboxylic acids is 1. The van der Waals surface area contributed by atoms with Crippen LogP contribution in [0.15, 0.2) is 29.6 Å². The Morgan fingerprint density at radius 3 is 2.61 bits per heavy atom. The van der Waals surface area contributed by atoms with Gasteiger partial charge in [-0.2, -0.15) is 13.2 Å². The number of nitrogens with one attached hydrogen (secondary N) is 1. The molecule has 1 aromatic heterocycles. The average molecular weight is 339 g/mol. The molecule has 3 rings (SSSR count). The number of rotatable bonds is 2. The molecule has 2 nitrogen and oxygen atoms in total. The Hall–Kier alpha value is -1.82. The number of anilines is 1. The van der Waals surface area contributed by atoms with Crippen LogP contribution in [0.25, 0.3) is 0 Å². The van der Waals surface area contributed by atoms with Crippen molar-refractivity contribution in [1.82, 2.24) is 0 Å². The average Bonchev–Trinajstić information content (AvgIpc) is 2.89. The highest BCUT2D eigenvalue weighted by Gasteiger charge is 2.30. The van der Waals surface area contributed by atoms with Crippen LogP contribution >= 0.6 is 11.3 Å². The molecule has 0 bridgehead atoms. The molecule has 23 heavy (non-hydrogen) atoms. The van der Waals surface area contributed by atoms with Gasteiger partial charge >= 0.3 is 6.18 Å². The van der Waals surface area contributed by atoms with Gasteiger partial charge in [0.15, 0.2) is 0 Å². The summed E-state index contributed by atoms with van der Waals surface area (Å²) in [5, 5.41) is 4.53. The number of hydrogen-bond acceptors (Lipinski definition) is 2. The van der Waals surface area contributed by atoms with Gasteiger partial charge in [0.05, 0.1) is 11.1 Å². The van der Waals surface area contributed by atoms with Crippen LogP contribution in [0.4, 0.5) is 18.9 Å². The van der Waals surface area contributed by atoms with E-state index in [1.54, 1.807) is 11.3 Å². The van der Waals surface area contributed by atoms with E-state index >= 15 is 0 Å². The van der Waals surface area contributed by atoms with Gasteiger partial charge in [-0.15, -0.1) is 11.3 Å². The Morgan fingerprint density at radius 2 is 1.96 bits per heavy atom. The van der Waals surface area contributed by atoms with E-state index in [0.717, 1.165) is 37.0 Å². The van der Waals surface area contributed by atoms with Gasteiger partial charge in [0.2, 0.25) is 0 Å². The number of thiophene rings is 1. The zero-order valence-corrected chi connectivity index (χ0v) is 13.4. The maximum absolute atomic E-state index is 12.5. The van der Waals surface area contributed by atoms with Gasteiger partial charge in [-0.05, 0) is 55.0 Å². The summed E-state index contributed by atoms with van der Waals surface area (Å²) in [6.45, 7) is 2.20. The van der Waals surface area contributed by atoms with Crippen LogP contribution in [0.5, 0.6) is 0 Å². The largest absolute Gasteiger partial charge is 0.416 e. The molecule has 1 N–H and O–H groups in total. The van der Waals surface area contributed by atoms with E-state index in [1.807, 2.05) is 5.38 Å². The second-order valence-corrected chi connectivity index (χ2v) is 6.89. The predicted octanol–water partition coefficient (Wildman–Crippen LogP) is 5.14. The molecule has 0 radical (unpaired) electrons. The molecule has 0 unspecified atom stereocenters. The number of halogens is 3. The minimum Gasteiger partial charge on any atom is -0.322 e. The Morgan fingerprint density at radius 1 is 1.26 bits per heavy atom. The first-order valence-corrected chi connectivity index (χ1v) is 8.30. The third-order valence-electron chi connectivity index (χ3n) is 4.12. The fraction of sp³-hybridized carbons (Fsp3) is 0.353. The highest BCUT2D eigenvalue weighted by molar-refractivity contribution is 7.10. The quantitative estimate of drug-likeness (QED) is 0.806. The first-order valence-electron chi connectivity index (χ1n) is 7.42. The first kappa shape index (κ1) is 16.1. The van der Waals surface area contributed by atoms with Crippen LogP contribution in [-0.2, 0) is 19.0 Å². The zero-order valence-electron chi connectivity index (χ0n) is 12.5. The van der Waals surface area contributed by atoms with Gasteiger partial charge in [0, 0.05) is 15.9 Å². The highest BCUT2D eigenvalue weighted by Crippen LogP contribution is 2.33. The van der Waals surface area contributed by atoms with E-state index in [2.05, 4.69) is 12.2 Å². The summed E-state index contributed by atoms with van der Waals surface area (Å²) in [4.78, 5) is 13.6. The van der Waals surface area contributed by atoms with Crippen LogP contribution in [0.1, 0.15) is 39.7 Å². The van der Waals surface area contributed by atoms with Crippen molar-refractivity contribution in [3.05, 3.63) is 51.2 Å². The molecular weight excluding hydrogens is 323 g/mol. The van der Waals surface area contributed by atoms with E-state index in [0.29, 0.717) is 17.2 Å². The lowest BCUT2D eigenvalue weighted by molar-refractivity contribution is -0.137. The lowest BCUT2D eigenvalue weighted by atomic mass is 9.88. The summed E-state index contributed by atoms with van der Waals surface area (Å²) in [6.07, 6.45) is -1.43. The molecule has 1 amide bonds. The highest BCUT2D eigenvalue weighted by atomic mass is 32.1. The standard InChI is InChI=1S/C17H16F3NOS/c1-10-2-7-13-14(9-23-15(13)8-10)16(22)21-12-5-3-11(4-6-12)17(18,19)20/h3-6,9-10H,2,7-8H2,1H3,(H,21,22)/t10-/m1/s1. The molecule has 0 fully saturated rings. The van der Waals surface area contributed by atoms with Crippen LogP contribution in [0.3, 0.4) is 0 Å². The summed E-state index contributed by atoms with van der Waals surface area (Å²) in [6, 6.07) is 4.50. The van der Waals surface area contributed by atoms with Crippen LogP contribution < -0.4 is 5.32 Å². The monoisotopic (exact) mass is 339 g/mol. The van der Waals surface area contributed by atoms with E-state index in [-0.39, 0.29) is 5.91 Å². The fourth-order valence-electron chi connectivity index (χ4n) is 2.81. The van der Waals surface area contributed by atoms with Crippen molar-refractivity contribution in [3.63, 3.8) is 0 Å². The van der Waals surface area contributed by atoms with Crippen molar-refractivity contribution in [3.8, 4) is 0 Å². The van der Waals surface area contributed by atoms with Crippen molar-refractivity contribution < 1.29 is 18.0 Å². The molecule has 1 aliphatic carbocycles. The van der Waals surface area contributed by atoms with Gasteiger partial charge in [-0.25, -0.2) is 0 Å². The summed E-state index contributed by atoms with van der Waals surface area (Å²) in [7, 11) is 0. The summed E-state index contributed by atoms with van der Waals surface area (Å²) < 4.78 is 37.6. The lowest BCUT2D eigenvalue weighted by Crippen LogP contribution is -2.16. The third kappa shape index (κ3) is 3.42. The minimum absolute atomic E-state index is 0.253. The maximum atomic E-state index is 12.5. The SMILES string of the molecule is C[C@@H]1CCc2c(C(=O)Nc3ccc(C(F)(F)F)cc3)csc2C1. The number of amides is 1. The topological polar surface area (TPSA) is 29.1 Å². The molecule has 1 aliphatic rings. The summed E-state index contributed by atoms with van der Waals surface area (Å²) in [5.74, 6) is 0.379. The van der Waals surface area contributed by atoms with Crippen molar-refractivity contribution in [2.24, 2.45) is 5.92 Å². The molecule has 2 aromatic rings. The van der Waals surface area contributed by atoms with Gasteiger partial charge in [0.1, 0.15) is 0 Å². The third-order valence-corrected chi connectivity index (χ3v) is 5.17. The lowest BCUT2D eigenvalue weighted by Gasteiger charge is -2.18. The van der Waals surface area contributed by atoms with E-state index in [4.69, 9.17) is 0 Å². The second kappa shape index (κ2) is 6.00. The molecule has 122 valence electrons. The molecular formula is C17H16F3NOS. The molecule has 1 heterocycles. The minimum atomic E-state index is -4.37. The molecule has 1 aromatic carbocycles. The molecule has 1 atom stereocenters. The van der Waals surface area contributed by atoms with Gasteiger partial charge < -0.3 is 5.32 Å². The van der Waals surface area contributed by atoms with Crippen LogP contribution in [0, 0.1) is 5.92 Å².